The average Bonchev–Trinajstić information content (AvgIpc) is 3.68. The van der Waals surface area contributed by atoms with Crippen LogP contribution in [-0.4, -0.2) is 6.71 Å². The zero-order valence-corrected chi connectivity index (χ0v) is 47.3. The van der Waals surface area contributed by atoms with Gasteiger partial charge >= 0.3 is 0 Å². The average molecular weight is 1060 g/mol. The summed E-state index contributed by atoms with van der Waals surface area (Å²) < 4.78 is 15.1. The summed E-state index contributed by atoms with van der Waals surface area (Å²) in [5.74, 6) is 3.41. The van der Waals surface area contributed by atoms with Crippen LogP contribution in [-0.2, 0) is 10.8 Å². The van der Waals surface area contributed by atoms with Crippen molar-refractivity contribution in [1.29, 1.82) is 0 Å². The summed E-state index contributed by atoms with van der Waals surface area (Å²) >= 11 is 0. The largest absolute Gasteiger partial charge is 0.458 e. The van der Waals surface area contributed by atoms with E-state index in [4.69, 9.17) is 9.47 Å². The standard InChI is InChI=1S/C74H63BO2S2/c1-73(2,3)54-43-45-68-66(49-54)75-67-50-55(74(4,5)6)44-46-69(67)77-72-65(53-28-26-42-63(48-53)79(59-35-19-10-20-36-59,60-37-21-11-22-38-60)61-39-23-12-24-40-61)51-64(71(76-68)70(72)75)52-27-25-41-62(47-52)78(56-29-13-7-14-30-56,57-31-15-8-16-32-57)58-33-17-9-18-34-58/h7-51H,1-6H3. The number of hydrogen-bond donors (Lipinski definition) is 0. The van der Waals surface area contributed by atoms with Gasteiger partial charge < -0.3 is 9.47 Å². The van der Waals surface area contributed by atoms with Crippen molar-refractivity contribution < 1.29 is 9.47 Å². The smallest absolute Gasteiger partial charge is 0.260 e. The molecule has 0 spiro atoms. The van der Waals surface area contributed by atoms with E-state index in [0.29, 0.717) is 0 Å². The van der Waals surface area contributed by atoms with E-state index in [-0.39, 0.29) is 17.5 Å². The Morgan fingerprint density at radius 2 is 0.582 bits per heavy atom. The Kier molecular flexibility index (Phi) is 12.7. The molecule has 0 aliphatic carbocycles. The van der Waals surface area contributed by atoms with Gasteiger partial charge in [0.2, 0.25) is 0 Å². The molecule has 11 aromatic rings. The quantitative estimate of drug-likeness (QED) is 0.127. The monoisotopic (exact) mass is 1060 g/mol. The van der Waals surface area contributed by atoms with Gasteiger partial charge in [-0.3, -0.25) is 0 Å². The van der Waals surface area contributed by atoms with Crippen molar-refractivity contribution in [2.75, 3.05) is 0 Å². The van der Waals surface area contributed by atoms with Crippen LogP contribution in [0.15, 0.2) is 312 Å². The van der Waals surface area contributed by atoms with E-state index in [9.17, 15) is 0 Å². The molecule has 0 bridgehead atoms. The lowest BCUT2D eigenvalue weighted by Gasteiger charge is -2.42. The van der Waals surface area contributed by atoms with Crippen LogP contribution in [0.3, 0.4) is 0 Å². The minimum Gasteiger partial charge on any atom is -0.458 e. The molecule has 2 aliphatic heterocycles. The predicted octanol–water partition coefficient (Wildman–Crippen LogP) is 19.0. The molecule has 2 aliphatic rings. The molecule has 79 heavy (non-hydrogen) atoms. The molecule has 0 radical (unpaired) electrons. The lowest BCUT2D eigenvalue weighted by atomic mass is 9.34. The van der Waals surface area contributed by atoms with Crippen LogP contribution in [0, 0.1) is 0 Å². The molecule has 0 saturated carbocycles. The normalized spacial score (nSPS) is 13.3. The zero-order valence-electron chi connectivity index (χ0n) is 45.7. The van der Waals surface area contributed by atoms with Crippen molar-refractivity contribution >= 4 is 43.2 Å². The number of hydrogen-bond acceptors (Lipinski definition) is 2. The summed E-state index contributed by atoms with van der Waals surface area (Å²) in [5, 5.41) is 0. The van der Waals surface area contributed by atoms with E-state index in [1.807, 2.05) is 0 Å². The molecule has 0 atom stereocenters. The van der Waals surface area contributed by atoms with Crippen LogP contribution in [0.4, 0.5) is 0 Å². The number of rotatable bonds is 10. The van der Waals surface area contributed by atoms with Crippen molar-refractivity contribution in [3.63, 3.8) is 0 Å². The van der Waals surface area contributed by atoms with Crippen molar-refractivity contribution in [3.05, 3.63) is 284 Å². The highest BCUT2D eigenvalue weighted by molar-refractivity contribution is 8.34. The first kappa shape index (κ1) is 50.3. The maximum atomic E-state index is 7.54. The van der Waals surface area contributed by atoms with Gasteiger partial charge in [-0.15, -0.1) is 20.1 Å². The fraction of sp³-hybridized carbons (Fsp3) is 0.108. The third kappa shape index (κ3) is 8.54. The van der Waals surface area contributed by atoms with E-state index in [1.54, 1.807) is 0 Å². The van der Waals surface area contributed by atoms with E-state index >= 15 is 0 Å². The highest BCUT2D eigenvalue weighted by Crippen LogP contribution is 2.75. The molecule has 2 nitrogen and oxygen atoms in total. The van der Waals surface area contributed by atoms with Crippen molar-refractivity contribution in [2.24, 2.45) is 0 Å². The maximum Gasteiger partial charge on any atom is 0.260 e. The minimum atomic E-state index is -2.03. The Labute approximate surface area is 470 Å². The van der Waals surface area contributed by atoms with Gasteiger partial charge in [0.1, 0.15) is 23.0 Å². The molecular formula is C74H63BO2S2. The van der Waals surface area contributed by atoms with Gasteiger partial charge in [-0.2, -0.15) is 0 Å². The fourth-order valence-corrected chi connectivity index (χ4v) is 19.9. The van der Waals surface area contributed by atoms with Crippen molar-refractivity contribution in [3.8, 4) is 45.3 Å². The van der Waals surface area contributed by atoms with Crippen molar-refractivity contribution in [1.82, 2.24) is 0 Å². The summed E-state index contributed by atoms with van der Waals surface area (Å²) in [4.78, 5) is 10.1. The summed E-state index contributed by atoms with van der Waals surface area (Å²) in [6.45, 7) is 13.6. The molecule has 0 fully saturated rings. The molecule has 0 amide bonds. The van der Waals surface area contributed by atoms with Gasteiger partial charge in [-0.05, 0) is 159 Å². The summed E-state index contributed by atoms with van der Waals surface area (Å²) in [7, 11) is -4.06. The molecular weight excluding hydrogens is 996 g/mol. The van der Waals surface area contributed by atoms with Crippen LogP contribution in [0.25, 0.3) is 22.3 Å². The SMILES string of the molecule is CC(C)(C)c1ccc2c(c1)B1c3cc(C(C)(C)C)ccc3Oc3c(-c4cccc(S(c5ccccc5)(c5ccccc5)c5ccccc5)c4)cc(-c4cccc(S(c5ccccc5)(c5ccccc5)c5ccccc5)c4)c(c31)O2. The first-order valence-corrected chi connectivity index (χ1v) is 30.7. The number of benzene rings is 11. The third-order valence-corrected chi connectivity index (χ3v) is 23.7. The van der Waals surface area contributed by atoms with Crippen LogP contribution in [0.1, 0.15) is 52.7 Å². The molecule has 0 saturated heterocycles. The molecule has 2 heterocycles. The number of fused-ring (bicyclic) bond motifs is 4. The zero-order chi connectivity index (χ0) is 53.9. The van der Waals surface area contributed by atoms with E-state index < -0.39 is 20.1 Å². The Morgan fingerprint density at radius 1 is 0.291 bits per heavy atom. The summed E-state index contributed by atoms with van der Waals surface area (Å²) in [6, 6.07) is 102. The van der Waals surface area contributed by atoms with Gasteiger partial charge in [0.05, 0.1) is 0 Å². The first-order chi connectivity index (χ1) is 38.4. The van der Waals surface area contributed by atoms with Gasteiger partial charge in [0.15, 0.2) is 0 Å². The lowest BCUT2D eigenvalue weighted by Crippen LogP contribution is -2.58. The molecule has 0 unspecified atom stereocenters. The van der Waals surface area contributed by atoms with Gasteiger partial charge in [0.25, 0.3) is 6.71 Å². The Morgan fingerprint density at radius 3 is 0.873 bits per heavy atom. The predicted molar refractivity (Wildman–Crippen MR) is 332 cm³/mol. The van der Waals surface area contributed by atoms with E-state index in [0.717, 1.165) is 61.6 Å². The van der Waals surface area contributed by atoms with Crippen LogP contribution in [0.2, 0.25) is 0 Å². The Hall–Kier alpha value is -8.22. The second kappa shape index (κ2) is 19.9. The topological polar surface area (TPSA) is 18.5 Å². The second-order valence-corrected chi connectivity index (χ2v) is 29.1. The van der Waals surface area contributed by atoms with Crippen LogP contribution < -0.4 is 25.9 Å². The molecule has 13 rings (SSSR count). The first-order valence-electron chi connectivity index (χ1n) is 27.5. The summed E-state index contributed by atoms with van der Waals surface area (Å²) in [5.41, 5.74) is 9.90. The van der Waals surface area contributed by atoms with Crippen LogP contribution >= 0.6 is 20.1 Å². The minimum absolute atomic E-state index is 0.0938. The lowest BCUT2D eigenvalue weighted by molar-refractivity contribution is 0.465. The molecule has 0 aromatic heterocycles. The second-order valence-electron chi connectivity index (χ2n) is 22.8. The number of ether oxygens (including phenoxy) is 2. The van der Waals surface area contributed by atoms with Gasteiger partial charge in [0, 0.05) is 55.8 Å². The third-order valence-electron chi connectivity index (χ3n) is 15.9. The van der Waals surface area contributed by atoms with Gasteiger partial charge in [-0.25, -0.2) is 0 Å². The van der Waals surface area contributed by atoms with E-state index in [2.05, 4.69) is 315 Å². The van der Waals surface area contributed by atoms with Gasteiger partial charge in [-0.1, -0.05) is 199 Å². The molecule has 5 heteroatoms. The van der Waals surface area contributed by atoms with E-state index in [1.165, 1.54) is 50.3 Å². The Bertz CT molecular complexity index is 3570. The Balaban J connectivity index is 1.13. The summed E-state index contributed by atoms with van der Waals surface area (Å²) in [6.07, 6.45) is 0. The fourth-order valence-electron chi connectivity index (χ4n) is 12.0. The van der Waals surface area contributed by atoms with Crippen molar-refractivity contribution in [2.45, 2.75) is 91.5 Å². The molecule has 11 aromatic carbocycles. The highest BCUT2D eigenvalue weighted by atomic mass is 32.3. The highest BCUT2D eigenvalue weighted by Gasteiger charge is 2.45. The maximum absolute atomic E-state index is 7.54. The van der Waals surface area contributed by atoms with Crippen LogP contribution in [0.5, 0.6) is 23.0 Å². The molecule has 386 valence electrons. The molecule has 0 N–H and O–H groups in total.